The van der Waals surface area contributed by atoms with Gasteiger partial charge in [-0.1, -0.05) is 61.7 Å². The maximum absolute atomic E-state index is 12.1. The van der Waals surface area contributed by atoms with E-state index in [4.69, 9.17) is 4.74 Å². The summed E-state index contributed by atoms with van der Waals surface area (Å²) in [5.41, 5.74) is 2.91. The minimum absolute atomic E-state index is 0.204. The van der Waals surface area contributed by atoms with Crippen LogP contribution in [0, 0.1) is 5.92 Å². The number of hydrogen-bond donors (Lipinski definition) is 0. The van der Waals surface area contributed by atoms with Gasteiger partial charge in [-0.15, -0.1) is 0 Å². The standard InChI is InChI=1S/C20H22O2/c21-20(22-15-16-7-3-1-4-8-16)19-13-11-18(12-14-19)17-9-5-2-6-10-17/h2,5-6,9-14,16H,1,3-4,7-8,15H2. The summed E-state index contributed by atoms with van der Waals surface area (Å²) < 4.78 is 5.47. The SMILES string of the molecule is O=C(OCC1CCCCC1)c1ccc(-c2ccccc2)cc1. The Balaban J connectivity index is 1.59. The first-order valence-electron chi connectivity index (χ1n) is 8.15. The molecule has 2 heteroatoms. The third-order valence-corrected chi connectivity index (χ3v) is 4.40. The van der Waals surface area contributed by atoms with E-state index in [0.717, 1.165) is 11.1 Å². The second-order valence-electron chi connectivity index (χ2n) is 6.05. The molecule has 0 aromatic heterocycles. The molecular weight excluding hydrogens is 272 g/mol. The fourth-order valence-corrected chi connectivity index (χ4v) is 3.06. The van der Waals surface area contributed by atoms with E-state index in [1.807, 2.05) is 42.5 Å². The third kappa shape index (κ3) is 3.76. The molecule has 1 aliphatic carbocycles. The van der Waals surface area contributed by atoms with Crippen molar-refractivity contribution in [3.05, 3.63) is 60.2 Å². The van der Waals surface area contributed by atoms with Crippen LogP contribution in [0.5, 0.6) is 0 Å². The molecule has 1 aliphatic rings. The first-order chi connectivity index (χ1) is 10.8. The maximum Gasteiger partial charge on any atom is 0.338 e. The molecule has 2 aromatic rings. The van der Waals surface area contributed by atoms with Gasteiger partial charge in [-0.2, -0.15) is 0 Å². The smallest absolute Gasteiger partial charge is 0.338 e. The average molecular weight is 294 g/mol. The fraction of sp³-hybridized carbons (Fsp3) is 0.350. The van der Waals surface area contributed by atoms with Crippen molar-refractivity contribution < 1.29 is 9.53 Å². The predicted octanol–water partition coefficient (Wildman–Crippen LogP) is 5.09. The van der Waals surface area contributed by atoms with E-state index in [-0.39, 0.29) is 5.97 Å². The van der Waals surface area contributed by atoms with E-state index < -0.39 is 0 Å². The number of carbonyl (C=O) groups excluding carboxylic acids is 1. The van der Waals surface area contributed by atoms with Crippen molar-refractivity contribution in [1.29, 1.82) is 0 Å². The van der Waals surface area contributed by atoms with Gasteiger partial charge in [-0.3, -0.25) is 0 Å². The molecule has 0 bridgehead atoms. The summed E-state index contributed by atoms with van der Waals surface area (Å²) in [4.78, 5) is 12.1. The molecule has 0 radical (unpaired) electrons. The van der Waals surface area contributed by atoms with Gasteiger partial charge in [0.05, 0.1) is 12.2 Å². The molecule has 0 unspecified atom stereocenters. The van der Waals surface area contributed by atoms with Gasteiger partial charge in [0.1, 0.15) is 0 Å². The number of ether oxygens (including phenoxy) is 1. The summed E-state index contributed by atoms with van der Waals surface area (Å²) in [5, 5.41) is 0. The first-order valence-corrected chi connectivity index (χ1v) is 8.15. The van der Waals surface area contributed by atoms with Crippen LogP contribution in [0.15, 0.2) is 54.6 Å². The monoisotopic (exact) mass is 294 g/mol. The number of hydrogen-bond acceptors (Lipinski definition) is 2. The minimum atomic E-state index is -0.204. The lowest BCUT2D eigenvalue weighted by atomic mass is 9.90. The van der Waals surface area contributed by atoms with Gasteiger partial charge in [0.25, 0.3) is 0 Å². The number of carbonyl (C=O) groups is 1. The Labute approximate surface area is 132 Å². The highest BCUT2D eigenvalue weighted by molar-refractivity contribution is 5.90. The van der Waals surface area contributed by atoms with E-state index in [2.05, 4.69) is 12.1 Å². The molecule has 2 nitrogen and oxygen atoms in total. The molecule has 0 N–H and O–H groups in total. The molecule has 0 amide bonds. The van der Waals surface area contributed by atoms with Crippen LogP contribution in [-0.2, 0) is 4.74 Å². The minimum Gasteiger partial charge on any atom is -0.462 e. The Morgan fingerprint density at radius 1 is 0.864 bits per heavy atom. The molecule has 0 atom stereocenters. The Morgan fingerprint density at radius 3 is 2.18 bits per heavy atom. The van der Waals surface area contributed by atoms with Crippen LogP contribution in [0.25, 0.3) is 11.1 Å². The number of rotatable bonds is 4. The summed E-state index contributed by atoms with van der Waals surface area (Å²) >= 11 is 0. The van der Waals surface area contributed by atoms with Gasteiger partial charge >= 0.3 is 5.97 Å². The van der Waals surface area contributed by atoms with Gasteiger partial charge in [-0.25, -0.2) is 4.79 Å². The van der Waals surface area contributed by atoms with E-state index in [0.29, 0.717) is 18.1 Å². The molecule has 0 heterocycles. The highest BCUT2D eigenvalue weighted by Gasteiger charge is 2.16. The van der Waals surface area contributed by atoms with Gasteiger partial charge in [0, 0.05) is 0 Å². The summed E-state index contributed by atoms with van der Waals surface area (Å²) in [5.74, 6) is 0.353. The Kier molecular flexibility index (Phi) is 4.89. The van der Waals surface area contributed by atoms with Crippen LogP contribution >= 0.6 is 0 Å². The van der Waals surface area contributed by atoms with Crippen LogP contribution < -0.4 is 0 Å². The fourth-order valence-electron chi connectivity index (χ4n) is 3.06. The van der Waals surface area contributed by atoms with E-state index in [1.54, 1.807) is 0 Å². The highest BCUT2D eigenvalue weighted by Crippen LogP contribution is 2.24. The lowest BCUT2D eigenvalue weighted by Crippen LogP contribution is -2.16. The molecule has 1 saturated carbocycles. The largest absolute Gasteiger partial charge is 0.462 e. The Hall–Kier alpha value is -2.09. The molecule has 0 spiro atoms. The molecule has 114 valence electrons. The third-order valence-electron chi connectivity index (χ3n) is 4.40. The summed E-state index contributed by atoms with van der Waals surface area (Å²) in [6.07, 6.45) is 6.26. The molecular formula is C20H22O2. The van der Waals surface area contributed by atoms with Crippen molar-refractivity contribution in [2.24, 2.45) is 5.92 Å². The van der Waals surface area contributed by atoms with Gasteiger partial charge in [-0.05, 0) is 42.0 Å². The summed E-state index contributed by atoms with van der Waals surface area (Å²) in [6.45, 7) is 0.569. The topological polar surface area (TPSA) is 26.3 Å². The zero-order valence-electron chi connectivity index (χ0n) is 12.8. The molecule has 22 heavy (non-hydrogen) atoms. The number of benzene rings is 2. The Bertz CT molecular complexity index is 595. The molecule has 0 saturated heterocycles. The predicted molar refractivity (Wildman–Crippen MR) is 88.7 cm³/mol. The molecule has 3 rings (SSSR count). The van der Waals surface area contributed by atoms with E-state index in [9.17, 15) is 4.79 Å². The van der Waals surface area contributed by atoms with Crippen LogP contribution in [0.3, 0.4) is 0 Å². The quantitative estimate of drug-likeness (QED) is 0.734. The van der Waals surface area contributed by atoms with Crippen molar-refractivity contribution in [3.63, 3.8) is 0 Å². The van der Waals surface area contributed by atoms with Crippen LogP contribution in [0.2, 0.25) is 0 Å². The van der Waals surface area contributed by atoms with Crippen molar-refractivity contribution in [1.82, 2.24) is 0 Å². The number of esters is 1. The van der Waals surface area contributed by atoms with E-state index in [1.165, 1.54) is 32.1 Å². The van der Waals surface area contributed by atoms with Crippen molar-refractivity contribution >= 4 is 5.97 Å². The Morgan fingerprint density at radius 2 is 1.50 bits per heavy atom. The molecule has 2 aromatic carbocycles. The van der Waals surface area contributed by atoms with Crippen LogP contribution in [-0.4, -0.2) is 12.6 Å². The average Bonchev–Trinajstić information content (AvgIpc) is 2.61. The molecule has 0 aliphatic heterocycles. The molecule has 1 fully saturated rings. The summed E-state index contributed by atoms with van der Waals surface area (Å²) in [7, 11) is 0. The highest BCUT2D eigenvalue weighted by atomic mass is 16.5. The van der Waals surface area contributed by atoms with Crippen molar-refractivity contribution in [3.8, 4) is 11.1 Å². The summed E-state index contributed by atoms with van der Waals surface area (Å²) in [6, 6.07) is 17.8. The second kappa shape index (κ2) is 7.26. The van der Waals surface area contributed by atoms with Crippen LogP contribution in [0.4, 0.5) is 0 Å². The van der Waals surface area contributed by atoms with E-state index >= 15 is 0 Å². The second-order valence-corrected chi connectivity index (χ2v) is 6.05. The van der Waals surface area contributed by atoms with Crippen LogP contribution in [0.1, 0.15) is 42.5 Å². The lowest BCUT2D eigenvalue weighted by molar-refractivity contribution is 0.0410. The lowest BCUT2D eigenvalue weighted by Gasteiger charge is -2.21. The zero-order valence-corrected chi connectivity index (χ0v) is 12.8. The maximum atomic E-state index is 12.1. The van der Waals surface area contributed by atoms with Gasteiger partial charge < -0.3 is 4.74 Å². The zero-order chi connectivity index (χ0) is 15.2. The van der Waals surface area contributed by atoms with Gasteiger partial charge in [0.2, 0.25) is 0 Å². The van der Waals surface area contributed by atoms with Crippen molar-refractivity contribution in [2.75, 3.05) is 6.61 Å². The normalized spacial score (nSPS) is 15.5. The first kappa shape index (κ1) is 14.8. The van der Waals surface area contributed by atoms with Crippen molar-refractivity contribution in [2.45, 2.75) is 32.1 Å². The van der Waals surface area contributed by atoms with Gasteiger partial charge in [0.15, 0.2) is 0 Å².